The first kappa shape index (κ1) is 18.7. The molecule has 0 aliphatic rings. The topological polar surface area (TPSA) is 66.9 Å². The smallest absolute Gasteiger partial charge is 0.330 e. The van der Waals surface area contributed by atoms with Gasteiger partial charge in [0, 0.05) is 29.4 Å². The van der Waals surface area contributed by atoms with Crippen molar-refractivity contribution in [3.63, 3.8) is 0 Å². The van der Waals surface area contributed by atoms with E-state index in [-0.39, 0.29) is 17.0 Å². The quantitative estimate of drug-likeness (QED) is 0.729. The molecule has 3 aromatic rings. The lowest BCUT2D eigenvalue weighted by Gasteiger charge is -2.26. The highest BCUT2D eigenvalue weighted by Gasteiger charge is 2.22. The molecule has 0 radical (unpaired) electrons. The molecule has 1 amide bonds. The van der Waals surface area contributed by atoms with Gasteiger partial charge in [0.2, 0.25) is 0 Å². The predicted molar refractivity (Wildman–Crippen MR) is 108 cm³/mol. The highest BCUT2D eigenvalue weighted by atomic mass is 16.2. The Kier molecular flexibility index (Phi) is 5.04. The molecular weight excluding hydrogens is 338 g/mol. The van der Waals surface area contributed by atoms with Gasteiger partial charge in [-0.3, -0.25) is 9.36 Å². The van der Waals surface area contributed by atoms with Gasteiger partial charge in [0.25, 0.3) is 5.91 Å². The summed E-state index contributed by atoms with van der Waals surface area (Å²) < 4.78 is 1.57. The van der Waals surface area contributed by atoms with Crippen LogP contribution in [0.1, 0.15) is 41.0 Å². The number of carbonyl (C=O) groups is 1. The third kappa shape index (κ3) is 4.03. The monoisotopic (exact) mass is 363 g/mol. The second-order valence-electron chi connectivity index (χ2n) is 7.55. The Morgan fingerprint density at radius 2 is 1.81 bits per heavy atom. The van der Waals surface area contributed by atoms with E-state index in [1.165, 1.54) is 11.1 Å². The van der Waals surface area contributed by atoms with E-state index in [0.29, 0.717) is 12.1 Å². The standard InChI is InChI=1S/C22H25N3O2/c1-15-6-5-7-18(12-15)22(3,4)14-24-20(26)17-8-10-19(11-9-17)25-16(2)13-23-21(25)27/h5-13H,14H2,1-4H3,(H,23,27)(H,24,26). The predicted octanol–water partition coefficient (Wildman–Crippen LogP) is 3.49. The van der Waals surface area contributed by atoms with Gasteiger partial charge < -0.3 is 10.3 Å². The van der Waals surface area contributed by atoms with Gasteiger partial charge in [0.1, 0.15) is 0 Å². The second-order valence-corrected chi connectivity index (χ2v) is 7.55. The molecule has 140 valence electrons. The number of aromatic nitrogens is 2. The number of nitrogens with zero attached hydrogens (tertiary/aromatic N) is 1. The third-order valence-electron chi connectivity index (χ3n) is 4.84. The van der Waals surface area contributed by atoms with Crippen LogP contribution in [0.3, 0.4) is 0 Å². The molecule has 0 aliphatic heterocycles. The zero-order valence-corrected chi connectivity index (χ0v) is 16.2. The van der Waals surface area contributed by atoms with Gasteiger partial charge in [-0.1, -0.05) is 43.7 Å². The van der Waals surface area contributed by atoms with Gasteiger partial charge in [0.15, 0.2) is 0 Å². The zero-order valence-electron chi connectivity index (χ0n) is 16.2. The molecule has 0 bridgehead atoms. The maximum Gasteiger partial charge on any atom is 0.330 e. The molecule has 0 unspecified atom stereocenters. The van der Waals surface area contributed by atoms with Crippen LogP contribution in [0.2, 0.25) is 0 Å². The molecule has 0 spiro atoms. The third-order valence-corrected chi connectivity index (χ3v) is 4.84. The zero-order chi connectivity index (χ0) is 19.6. The fourth-order valence-electron chi connectivity index (χ4n) is 3.11. The van der Waals surface area contributed by atoms with E-state index in [1.54, 1.807) is 35.0 Å². The van der Waals surface area contributed by atoms with Crippen molar-refractivity contribution >= 4 is 5.91 Å². The van der Waals surface area contributed by atoms with E-state index in [4.69, 9.17) is 0 Å². The minimum Gasteiger partial charge on any atom is -0.351 e. The normalized spacial score (nSPS) is 11.4. The lowest BCUT2D eigenvalue weighted by molar-refractivity contribution is 0.0945. The number of imidazole rings is 1. The summed E-state index contributed by atoms with van der Waals surface area (Å²) in [5.74, 6) is -0.125. The fourth-order valence-corrected chi connectivity index (χ4v) is 3.11. The molecule has 5 nitrogen and oxygen atoms in total. The lowest BCUT2D eigenvalue weighted by Crippen LogP contribution is -2.36. The molecule has 2 N–H and O–H groups in total. The SMILES string of the molecule is Cc1cccc(C(C)(C)CNC(=O)c2ccc(-n3c(C)c[nH]c3=O)cc2)c1. The Bertz CT molecular complexity index is 1010. The second kappa shape index (κ2) is 7.27. The number of carbonyl (C=O) groups excluding carboxylic acids is 1. The van der Waals surface area contributed by atoms with Crippen molar-refractivity contribution in [2.24, 2.45) is 0 Å². The number of hydrogen-bond acceptors (Lipinski definition) is 2. The molecular formula is C22H25N3O2. The number of nitrogens with one attached hydrogen (secondary N) is 2. The Morgan fingerprint density at radius 1 is 1.11 bits per heavy atom. The van der Waals surface area contributed by atoms with Crippen molar-refractivity contribution in [3.8, 4) is 5.69 Å². The molecule has 0 fully saturated rings. The number of H-pyrrole nitrogens is 1. The van der Waals surface area contributed by atoms with Crippen LogP contribution >= 0.6 is 0 Å². The molecule has 0 atom stereocenters. The summed E-state index contributed by atoms with van der Waals surface area (Å²) in [4.78, 5) is 27.1. The van der Waals surface area contributed by atoms with Crippen LogP contribution in [-0.2, 0) is 5.41 Å². The van der Waals surface area contributed by atoms with Gasteiger partial charge in [-0.25, -0.2) is 4.79 Å². The Morgan fingerprint density at radius 3 is 2.41 bits per heavy atom. The first-order chi connectivity index (χ1) is 12.8. The minimum atomic E-state index is -0.190. The van der Waals surface area contributed by atoms with Gasteiger partial charge in [-0.05, 0) is 43.7 Å². The van der Waals surface area contributed by atoms with E-state index in [0.717, 1.165) is 11.4 Å². The number of amides is 1. The minimum absolute atomic E-state index is 0.125. The van der Waals surface area contributed by atoms with Crippen LogP contribution in [0.15, 0.2) is 59.5 Å². The van der Waals surface area contributed by atoms with Crippen molar-refractivity contribution < 1.29 is 4.79 Å². The van der Waals surface area contributed by atoms with Crippen molar-refractivity contribution in [2.75, 3.05) is 6.54 Å². The summed E-state index contributed by atoms with van der Waals surface area (Å²) in [6.45, 7) is 8.69. The van der Waals surface area contributed by atoms with E-state index >= 15 is 0 Å². The number of hydrogen-bond donors (Lipinski definition) is 2. The Labute approximate surface area is 159 Å². The van der Waals surface area contributed by atoms with E-state index < -0.39 is 0 Å². The highest BCUT2D eigenvalue weighted by molar-refractivity contribution is 5.94. The van der Waals surface area contributed by atoms with Gasteiger partial charge in [-0.2, -0.15) is 0 Å². The van der Waals surface area contributed by atoms with Crippen LogP contribution in [0, 0.1) is 13.8 Å². The first-order valence-corrected chi connectivity index (χ1v) is 9.01. The number of aromatic amines is 1. The van der Waals surface area contributed by atoms with Crippen molar-refractivity contribution in [1.29, 1.82) is 0 Å². The van der Waals surface area contributed by atoms with Gasteiger partial charge >= 0.3 is 5.69 Å². The average Bonchev–Trinajstić information content (AvgIpc) is 2.98. The first-order valence-electron chi connectivity index (χ1n) is 9.01. The van der Waals surface area contributed by atoms with Crippen LogP contribution in [-0.4, -0.2) is 22.0 Å². The average molecular weight is 363 g/mol. The van der Waals surface area contributed by atoms with E-state index in [1.807, 2.05) is 13.0 Å². The maximum atomic E-state index is 12.5. The van der Waals surface area contributed by atoms with Crippen LogP contribution < -0.4 is 11.0 Å². The number of benzene rings is 2. The van der Waals surface area contributed by atoms with Crippen LogP contribution in [0.4, 0.5) is 0 Å². The molecule has 0 saturated heterocycles. The summed E-state index contributed by atoms with van der Waals surface area (Å²) >= 11 is 0. The van der Waals surface area contributed by atoms with Crippen molar-refractivity contribution in [1.82, 2.24) is 14.9 Å². The molecule has 0 saturated carbocycles. The lowest BCUT2D eigenvalue weighted by atomic mass is 9.84. The highest BCUT2D eigenvalue weighted by Crippen LogP contribution is 2.23. The van der Waals surface area contributed by atoms with Gasteiger partial charge in [0.05, 0.1) is 5.69 Å². The molecule has 0 aliphatic carbocycles. The molecule has 3 rings (SSSR count). The Hall–Kier alpha value is -3.08. The summed E-state index contributed by atoms with van der Waals surface area (Å²) in [6.07, 6.45) is 1.66. The maximum absolute atomic E-state index is 12.5. The largest absolute Gasteiger partial charge is 0.351 e. The molecule has 2 aromatic carbocycles. The van der Waals surface area contributed by atoms with E-state index in [2.05, 4.69) is 49.3 Å². The van der Waals surface area contributed by atoms with Crippen molar-refractivity contribution in [2.45, 2.75) is 33.1 Å². The van der Waals surface area contributed by atoms with Crippen LogP contribution in [0.25, 0.3) is 5.69 Å². The fraction of sp³-hybridized carbons (Fsp3) is 0.273. The van der Waals surface area contributed by atoms with E-state index in [9.17, 15) is 9.59 Å². The number of aryl methyl sites for hydroxylation is 2. The summed E-state index contributed by atoms with van der Waals surface area (Å²) in [6, 6.07) is 15.4. The number of rotatable bonds is 5. The molecule has 1 heterocycles. The van der Waals surface area contributed by atoms with Crippen molar-refractivity contribution in [3.05, 3.63) is 87.6 Å². The summed E-state index contributed by atoms with van der Waals surface area (Å²) in [7, 11) is 0. The summed E-state index contributed by atoms with van der Waals surface area (Å²) in [5.41, 5.74) is 4.16. The Balaban J connectivity index is 1.70. The molecule has 5 heteroatoms. The molecule has 1 aromatic heterocycles. The molecule has 27 heavy (non-hydrogen) atoms. The van der Waals surface area contributed by atoms with Crippen LogP contribution in [0.5, 0.6) is 0 Å². The summed E-state index contributed by atoms with van der Waals surface area (Å²) in [5, 5.41) is 3.02. The van der Waals surface area contributed by atoms with Gasteiger partial charge in [-0.15, -0.1) is 0 Å².